The van der Waals surface area contributed by atoms with Gasteiger partial charge >= 0.3 is 6.03 Å². The number of aryl methyl sites for hydroxylation is 3. The molecule has 0 saturated carbocycles. The van der Waals surface area contributed by atoms with Crippen LogP contribution in [0.5, 0.6) is 17.2 Å². The number of carbonyl (C=O) groups is 1. The van der Waals surface area contributed by atoms with Gasteiger partial charge in [0.1, 0.15) is 11.9 Å². The molecule has 0 radical (unpaired) electrons. The molecule has 168 valence electrons. The molecular weight excluding hydrogens is 392 g/mol. The Morgan fingerprint density at radius 2 is 1.61 bits per heavy atom. The first kappa shape index (κ1) is 22.8. The van der Waals surface area contributed by atoms with Crippen LogP contribution in [0.2, 0.25) is 0 Å². The number of piperidine rings is 1. The number of urea groups is 1. The maximum atomic E-state index is 12.9. The van der Waals surface area contributed by atoms with Crippen LogP contribution in [-0.2, 0) is 0 Å². The maximum Gasteiger partial charge on any atom is 0.317 e. The Labute approximate surface area is 185 Å². The number of nitrogens with one attached hydrogen (secondary N) is 1. The Hall–Kier alpha value is -2.89. The summed E-state index contributed by atoms with van der Waals surface area (Å²) in [6, 6.07) is 9.95. The van der Waals surface area contributed by atoms with Crippen molar-refractivity contribution in [3.63, 3.8) is 0 Å². The Kier molecular flexibility index (Phi) is 7.31. The minimum atomic E-state index is -0.142. The number of methoxy groups -OCH3 is 2. The molecule has 2 aromatic carbocycles. The number of hydrogen-bond donors (Lipinski definition) is 1. The second kappa shape index (κ2) is 9.94. The van der Waals surface area contributed by atoms with Crippen molar-refractivity contribution in [2.24, 2.45) is 0 Å². The summed E-state index contributed by atoms with van der Waals surface area (Å²) in [7, 11) is 3.24. The molecule has 2 amide bonds. The molecule has 1 unspecified atom stereocenters. The molecule has 6 heteroatoms. The van der Waals surface area contributed by atoms with Gasteiger partial charge in [-0.1, -0.05) is 12.1 Å². The van der Waals surface area contributed by atoms with Crippen LogP contribution in [0, 0.1) is 20.8 Å². The molecule has 31 heavy (non-hydrogen) atoms. The van der Waals surface area contributed by atoms with Gasteiger partial charge in [-0.05, 0) is 68.1 Å². The quantitative estimate of drug-likeness (QED) is 0.711. The smallest absolute Gasteiger partial charge is 0.317 e. The zero-order valence-corrected chi connectivity index (χ0v) is 19.5. The van der Waals surface area contributed by atoms with Crippen molar-refractivity contribution < 1.29 is 19.0 Å². The van der Waals surface area contributed by atoms with Crippen LogP contribution >= 0.6 is 0 Å². The fourth-order valence-corrected chi connectivity index (χ4v) is 4.01. The summed E-state index contributed by atoms with van der Waals surface area (Å²) in [4.78, 5) is 14.7. The Morgan fingerprint density at radius 3 is 2.26 bits per heavy atom. The van der Waals surface area contributed by atoms with E-state index in [0.717, 1.165) is 35.3 Å². The fraction of sp³-hybridized carbons (Fsp3) is 0.480. The fourth-order valence-electron chi connectivity index (χ4n) is 4.01. The molecule has 1 N–H and O–H groups in total. The molecule has 0 spiro atoms. The monoisotopic (exact) mass is 426 g/mol. The van der Waals surface area contributed by atoms with Gasteiger partial charge in [0.2, 0.25) is 0 Å². The minimum absolute atomic E-state index is 0.0492. The second-order valence-electron chi connectivity index (χ2n) is 8.31. The lowest BCUT2D eigenvalue weighted by Crippen LogP contribution is -2.47. The van der Waals surface area contributed by atoms with Gasteiger partial charge in [-0.3, -0.25) is 0 Å². The molecule has 1 saturated heterocycles. The number of nitrogens with zero attached hydrogens (tertiary/aromatic N) is 1. The standard InChI is InChI=1S/C25H34N2O4/c1-16-7-8-17(2)22(13-16)31-20-9-11-27(12-10-20)25(28)26-19(4)21-15-24(30-6)23(29-5)14-18(21)3/h7-8,13-15,19-20H,9-12H2,1-6H3,(H,26,28). The summed E-state index contributed by atoms with van der Waals surface area (Å²) >= 11 is 0. The normalized spacial score (nSPS) is 15.4. The van der Waals surface area contributed by atoms with Gasteiger partial charge in [-0.2, -0.15) is 0 Å². The average Bonchev–Trinajstić information content (AvgIpc) is 2.76. The predicted molar refractivity (Wildman–Crippen MR) is 122 cm³/mol. The Morgan fingerprint density at radius 1 is 0.968 bits per heavy atom. The highest BCUT2D eigenvalue weighted by molar-refractivity contribution is 5.75. The van der Waals surface area contributed by atoms with Gasteiger partial charge in [0.05, 0.1) is 20.3 Å². The van der Waals surface area contributed by atoms with E-state index in [2.05, 4.69) is 37.4 Å². The third-order valence-electron chi connectivity index (χ3n) is 5.95. The van der Waals surface area contributed by atoms with Crippen molar-refractivity contribution >= 4 is 6.03 Å². The van der Waals surface area contributed by atoms with E-state index in [0.29, 0.717) is 24.6 Å². The van der Waals surface area contributed by atoms with Crippen molar-refractivity contribution in [2.45, 2.75) is 52.7 Å². The summed E-state index contributed by atoms with van der Waals surface area (Å²) in [6.45, 7) is 9.49. The minimum Gasteiger partial charge on any atom is -0.493 e. The molecule has 1 aliphatic rings. The van der Waals surface area contributed by atoms with E-state index in [1.165, 1.54) is 5.56 Å². The largest absolute Gasteiger partial charge is 0.493 e. The molecule has 2 aromatic rings. The van der Waals surface area contributed by atoms with Crippen molar-refractivity contribution in [1.29, 1.82) is 0 Å². The van der Waals surface area contributed by atoms with Gasteiger partial charge in [0.25, 0.3) is 0 Å². The van der Waals surface area contributed by atoms with Crippen LogP contribution in [0.1, 0.15) is 48.1 Å². The van der Waals surface area contributed by atoms with E-state index in [-0.39, 0.29) is 18.2 Å². The van der Waals surface area contributed by atoms with Crippen LogP contribution in [0.3, 0.4) is 0 Å². The first-order chi connectivity index (χ1) is 14.8. The van der Waals surface area contributed by atoms with Crippen molar-refractivity contribution in [3.8, 4) is 17.2 Å². The highest BCUT2D eigenvalue weighted by Crippen LogP contribution is 2.33. The predicted octanol–water partition coefficient (Wildman–Crippen LogP) is 4.94. The molecule has 1 atom stereocenters. The maximum absolute atomic E-state index is 12.9. The van der Waals surface area contributed by atoms with E-state index >= 15 is 0 Å². The molecule has 0 aromatic heterocycles. The van der Waals surface area contributed by atoms with Crippen molar-refractivity contribution in [2.75, 3.05) is 27.3 Å². The number of benzene rings is 2. The van der Waals surface area contributed by atoms with E-state index in [4.69, 9.17) is 14.2 Å². The van der Waals surface area contributed by atoms with Crippen molar-refractivity contribution in [1.82, 2.24) is 10.2 Å². The highest BCUT2D eigenvalue weighted by Gasteiger charge is 2.26. The van der Waals surface area contributed by atoms with Gasteiger partial charge in [-0.15, -0.1) is 0 Å². The Balaban J connectivity index is 1.57. The van der Waals surface area contributed by atoms with Crippen LogP contribution in [0.25, 0.3) is 0 Å². The van der Waals surface area contributed by atoms with E-state index in [1.54, 1.807) is 14.2 Å². The zero-order valence-electron chi connectivity index (χ0n) is 19.5. The number of amides is 2. The summed E-state index contributed by atoms with van der Waals surface area (Å²) < 4.78 is 17.0. The lowest BCUT2D eigenvalue weighted by atomic mass is 10.0. The third kappa shape index (κ3) is 5.43. The van der Waals surface area contributed by atoms with Crippen LogP contribution in [0.4, 0.5) is 4.79 Å². The van der Waals surface area contributed by atoms with Crippen LogP contribution in [0.15, 0.2) is 30.3 Å². The van der Waals surface area contributed by atoms with E-state index in [1.807, 2.05) is 30.9 Å². The van der Waals surface area contributed by atoms with Gasteiger partial charge in [-0.25, -0.2) is 4.79 Å². The number of hydrogen-bond acceptors (Lipinski definition) is 4. The van der Waals surface area contributed by atoms with Gasteiger partial charge in [0.15, 0.2) is 11.5 Å². The molecule has 0 aliphatic carbocycles. The SMILES string of the molecule is COc1cc(C)c(C(C)NC(=O)N2CCC(Oc3cc(C)ccc3C)CC2)cc1OC. The number of likely N-dealkylation sites (tertiary alicyclic amines) is 1. The summed E-state index contributed by atoms with van der Waals surface area (Å²) in [5, 5.41) is 3.13. The van der Waals surface area contributed by atoms with Crippen LogP contribution < -0.4 is 19.5 Å². The lowest BCUT2D eigenvalue weighted by molar-refractivity contribution is 0.109. The number of carbonyl (C=O) groups excluding carboxylic acids is 1. The summed E-state index contributed by atoms with van der Waals surface area (Å²) in [5.74, 6) is 2.29. The summed E-state index contributed by atoms with van der Waals surface area (Å²) in [5.41, 5.74) is 4.40. The molecule has 1 aliphatic heterocycles. The first-order valence-corrected chi connectivity index (χ1v) is 10.8. The molecular formula is C25H34N2O4. The second-order valence-corrected chi connectivity index (χ2v) is 8.31. The molecule has 1 fully saturated rings. The summed E-state index contributed by atoms with van der Waals surface area (Å²) in [6.07, 6.45) is 1.78. The molecule has 6 nitrogen and oxygen atoms in total. The molecule has 3 rings (SSSR count). The number of rotatable bonds is 6. The average molecular weight is 427 g/mol. The van der Waals surface area contributed by atoms with E-state index < -0.39 is 0 Å². The third-order valence-corrected chi connectivity index (χ3v) is 5.95. The zero-order chi connectivity index (χ0) is 22.5. The lowest BCUT2D eigenvalue weighted by Gasteiger charge is -2.33. The molecule has 0 bridgehead atoms. The number of ether oxygens (including phenoxy) is 3. The van der Waals surface area contributed by atoms with Crippen LogP contribution in [-0.4, -0.2) is 44.3 Å². The Bertz CT molecular complexity index is 920. The first-order valence-electron chi connectivity index (χ1n) is 10.8. The molecule has 1 heterocycles. The van der Waals surface area contributed by atoms with E-state index in [9.17, 15) is 4.79 Å². The van der Waals surface area contributed by atoms with Gasteiger partial charge < -0.3 is 24.4 Å². The highest BCUT2D eigenvalue weighted by atomic mass is 16.5. The topological polar surface area (TPSA) is 60.0 Å². The van der Waals surface area contributed by atoms with Gasteiger partial charge in [0, 0.05) is 25.9 Å². The van der Waals surface area contributed by atoms with Crippen molar-refractivity contribution in [3.05, 3.63) is 52.6 Å².